The summed E-state index contributed by atoms with van der Waals surface area (Å²) in [6.07, 6.45) is 5.47. The molecule has 1 heterocycles. The second kappa shape index (κ2) is 5.49. The van der Waals surface area contributed by atoms with Crippen LogP contribution in [-0.2, 0) is 4.79 Å². The zero-order valence-electron chi connectivity index (χ0n) is 11.9. The average molecular weight is 311 g/mol. The molecule has 1 aromatic rings. The van der Waals surface area contributed by atoms with Crippen molar-refractivity contribution in [1.82, 2.24) is 14.8 Å². The number of primary amides is 1. The van der Waals surface area contributed by atoms with Crippen molar-refractivity contribution in [1.29, 1.82) is 0 Å². The van der Waals surface area contributed by atoms with Gasteiger partial charge in [0.2, 0.25) is 5.91 Å². The molecule has 2 saturated carbocycles. The zero-order chi connectivity index (χ0) is 15.0. The minimum atomic E-state index is -0.859. The Balaban J connectivity index is 1.59. The molecule has 2 atom stereocenters. The van der Waals surface area contributed by atoms with Crippen LogP contribution >= 0.6 is 11.8 Å². The highest BCUT2D eigenvalue weighted by atomic mass is 32.2. The highest BCUT2D eigenvalue weighted by Crippen LogP contribution is 2.38. The number of nitrogens with two attached hydrogens (primary N) is 2. The largest absolute Gasteiger partial charge is 0.368 e. The molecule has 0 saturated heterocycles. The van der Waals surface area contributed by atoms with Gasteiger partial charge < -0.3 is 11.5 Å². The first-order chi connectivity index (χ1) is 10.0. The number of nitrogens with zero attached hydrogens (tertiary/aromatic N) is 2. The predicted octanol–water partition coefficient (Wildman–Crippen LogP) is 0.371. The number of rotatable bonds is 6. The van der Waals surface area contributed by atoms with Crippen LogP contribution in [-0.4, -0.2) is 32.0 Å². The van der Waals surface area contributed by atoms with E-state index >= 15 is 0 Å². The van der Waals surface area contributed by atoms with Gasteiger partial charge >= 0.3 is 5.69 Å². The summed E-state index contributed by atoms with van der Waals surface area (Å²) in [6, 6.07) is 0.310. The van der Waals surface area contributed by atoms with Crippen LogP contribution in [0.5, 0.6) is 0 Å². The van der Waals surface area contributed by atoms with Gasteiger partial charge in [-0.3, -0.25) is 9.36 Å². The van der Waals surface area contributed by atoms with Crippen molar-refractivity contribution < 1.29 is 4.79 Å². The van der Waals surface area contributed by atoms with E-state index in [1.165, 1.54) is 0 Å². The second-order valence-corrected chi connectivity index (χ2v) is 7.11. The highest BCUT2D eigenvalue weighted by molar-refractivity contribution is 7.99. The van der Waals surface area contributed by atoms with Gasteiger partial charge in [0.1, 0.15) is 0 Å². The lowest BCUT2D eigenvalue weighted by Gasteiger charge is -2.27. The molecular formula is C13H21N5O2S. The quantitative estimate of drug-likeness (QED) is 0.656. The molecule has 2 aliphatic rings. The Hall–Kier alpha value is -1.28. The maximum Gasteiger partial charge on any atom is 0.344 e. The van der Waals surface area contributed by atoms with Crippen LogP contribution < -0.4 is 17.2 Å². The summed E-state index contributed by atoms with van der Waals surface area (Å²) in [6.45, 7) is 0. The van der Waals surface area contributed by atoms with Gasteiger partial charge in [0.15, 0.2) is 5.16 Å². The highest BCUT2D eigenvalue weighted by Gasteiger charge is 2.43. The predicted molar refractivity (Wildman–Crippen MR) is 79.9 cm³/mol. The van der Waals surface area contributed by atoms with Gasteiger partial charge in [-0.25, -0.2) is 9.89 Å². The minimum Gasteiger partial charge on any atom is -0.368 e. The lowest BCUT2D eigenvalue weighted by atomic mass is 9.85. The molecule has 21 heavy (non-hydrogen) atoms. The van der Waals surface area contributed by atoms with E-state index in [-0.39, 0.29) is 11.6 Å². The van der Waals surface area contributed by atoms with E-state index in [9.17, 15) is 9.59 Å². The van der Waals surface area contributed by atoms with E-state index in [4.69, 9.17) is 11.5 Å². The normalized spacial score (nSPS) is 28.9. The molecule has 2 unspecified atom stereocenters. The lowest BCUT2D eigenvalue weighted by molar-refractivity contribution is -0.124. The third-order valence-electron chi connectivity index (χ3n) is 4.61. The first kappa shape index (κ1) is 14.6. The van der Waals surface area contributed by atoms with Crippen molar-refractivity contribution in [3.8, 4) is 0 Å². The third kappa shape index (κ3) is 2.74. The van der Waals surface area contributed by atoms with Crippen LogP contribution in [0.3, 0.4) is 0 Å². The van der Waals surface area contributed by atoms with Crippen molar-refractivity contribution in [2.75, 3.05) is 5.75 Å². The van der Waals surface area contributed by atoms with E-state index in [0.717, 1.165) is 43.0 Å². The maximum absolute atomic E-state index is 11.7. The summed E-state index contributed by atoms with van der Waals surface area (Å²) in [5.41, 5.74) is 10.6. The number of H-pyrrole nitrogens is 1. The molecule has 116 valence electrons. The van der Waals surface area contributed by atoms with E-state index in [2.05, 4.69) is 10.2 Å². The molecule has 0 radical (unpaired) electrons. The third-order valence-corrected chi connectivity index (χ3v) is 5.60. The maximum atomic E-state index is 11.7. The van der Waals surface area contributed by atoms with Crippen LogP contribution in [0.15, 0.2) is 9.95 Å². The summed E-state index contributed by atoms with van der Waals surface area (Å²) in [5.74, 6) is 0.515. The number of hydrogen-bond donors (Lipinski definition) is 3. The van der Waals surface area contributed by atoms with Crippen molar-refractivity contribution in [3.05, 3.63) is 10.5 Å². The molecule has 8 heteroatoms. The summed E-state index contributed by atoms with van der Waals surface area (Å²) >= 11 is 1.55. The molecule has 0 aromatic carbocycles. The fraction of sp³-hybridized carbons (Fsp3) is 0.769. The molecule has 2 aliphatic carbocycles. The smallest absolute Gasteiger partial charge is 0.344 e. The van der Waals surface area contributed by atoms with Gasteiger partial charge in [-0.1, -0.05) is 18.2 Å². The van der Waals surface area contributed by atoms with E-state index < -0.39 is 11.4 Å². The number of aromatic amines is 1. The SMILES string of the molecule is NC(=O)C1(N)CCCC1CCSc1n[nH]c(=O)n1C1CC1. The first-order valence-corrected chi connectivity index (χ1v) is 8.39. The summed E-state index contributed by atoms with van der Waals surface area (Å²) < 4.78 is 1.74. The summed E-state index contributed by atoms with van der Waals surface area (Å²) in [7, 11) is 0. The van der Waals surface area contributed by atoms with Crippen LogP contribution in [0.2, 0.25) is 0 Å². The minimum absolute atomic E-state index is 0.127. The molecule has 0 bridgehead atoms. The van der Waals surface area contributed by atoms with Gasteiger partial charge in [-0.2, -0.15) is 0 Å². The molecular weight excluding hydrogens is 290 g/mol. The number of carbonyl (C=O) groups excluding carboxylic acids is 1. The Bertz CT molecular complexity index is 594. The topological polar surface area (TPSA) is 120 Å². The average Bonchev–Trinajstić information content (AvgIpc) is 3.10. The number of aromatic nitrogens is 3. The Morgan fingerprint density at radius 2 is 2.24 bits per heavy atom. The standard InChI is InChI=1S/C13H21N5O2S/c14-10(19)13(15)6-1-2-8(13)5-7-21-12-17-16-11(20)18(12)9-3-4-9/h8-9H,1-7,15H2,(H2,14,19)(H,16,20). The molecule has 1 amide bonds. The molecule has 0 aliphatic heterocycles. The fourth-order valence-corrected chi connectivity index (χ4v) is 4.23. The van der Waals surface area contributed by atoms with Crippen molar-refractivity contribution in [3.63, 3.8) is 0 Å². The van der Waals surface area contributed by atoms with Gasteiger partial charge in [0, 0.05) is 11.8 Å². The van der Waals surface area contributed by atoms with E-state index in [1.54, 1.807) is 16.3 Å². The second-order valence-electron chi connectivity index (χ2n) is 6.04. The van der Waals surface area contributed by atoms with Gasteiger partial charge in [-0.15, -0.1) is 5.10 Å². The van der Waals surface area contributed by atoms with Gasteiger partial charge in [0.25, 0.3) is 0 Å². The molecule has 0 spiro atoms. The Morgan fingerprint density at radius 3 is 2.90 bits per heavy atom. The summed E-state index contributed by atoms with van der Waals surface area (Å²) in [4.78, 5) is 23.2. The van der Waals surface area contributed by atoms with Crippen LogP contribution in [0.4, 0.5) is 0 Å². The molecule has 2 fully saturated rings. The van der Waals surface area contributed by atoms with Crippen molar-refractivity contribution in [2.45, 2.75) is 55.3 Å². The monoisotopic (exact) mass is 311 g/mol. The van der Waals surface area contributed by atoms with E-state index in [1.807, 2.05) is 0 Å². The fourth-order valence-electron chi connectivity index (χ4n) is 3.17. The number of thioether (sulfide) groups is 1. The molecule has 5 N–H and O–H groups in total. The Morgan fingerprint density at radius 1 is 1.48 bits per heavy atom. The van der Waals surface area contributed by atoms with Crippen molar-refractivity contribution in [2.24, 2.45) is 17.4 Å². The Kier molecular flexibility index (Phi) is 3.83. The number of carbonyl (C=O) groups is 1. The zero-order valence-corrected chi connectivity index (χ0v) is 12.7. The van der Waals surface area contributed by atoms with Crippen LogP contribution in [0.1, 0.15) is 44.6 Å². The summed E-state index contributed by atoms with van der Waals surface area (Å²) in [5, 5.41) is 7.33. The van der Waals surface area contributed by atoms with Crippen LogP contribution in [0.25, 0.3) is 0 Å². The lowest BCUT2D eigenvalue weighted by Crippen LogP contribution is -2.54. The molecule has 3 rings (SSSR count). The molecule has 7 nitrogen and oxygen atoms in total. The van der Waals surface area contributed by atoms with Gasteiger partial charge in [-0.05, 0) is 38.0 Å². The van der Waals surface area contributed by atoms with Crippen molar-refractivity contribution >= 4 is 17.7 Å². The first-order valence-electron chi connectivity index (χ1n) is 7.41. The number of hydrogen-bond acceptors (Lipinski definition) is 5. The van der Waals surface area contributed by atoms with Crippen LogP contribution in [0, 0.1) is 5.92 Å². The molecule has 1 aromatic heterocycles. The Labute approximate surface area is 126 Å². The number of nitrogens with one attached hydrogen (secondary N) is 1. The van der Waals surface area contributed by atoms with E-state index in [0.29, 0.717) is 12.5 Å². The van der Waals surface area contributed by atoms with Gasteiger partial charge in [0.05, 0.1) is 5.54 Å². The number of amides is 1.